The van der Waals surface area contributed by atoms with Gasteiger partial charge in [0.1, 0.15) is 24.7 Å². The first kappa shape index (κ1) is 40.3. The molecule has 0 fully saturated rings. The van der Waals surface area contributed by atoms with Gasteiger partial charge in [0.05, 0.1) is 22.4 Å². The molecular formula is C51H44N10O2. The second kappa shape index (κ2) is 19.5. The summed E-state index contributed by atoms with van der Waals surface area (Å²) in [5, 5.41) is 30.5. The summed E-state index contributed by atoms with van der Waals surface area (Å²) in [7, 11) is 0. The minimum absolute atomic E-state index is 0.415. The molecule has 0 radical (unpaired) electrons. The van der Waals surface area contributed by atoms with E-state index in [2.05, 4.69) is 143 Å². The summed E-state index contributed by atoms with van der Waals surface area (Å²) in [6, 6.07) is 57.8. The van der Waals surface area contributed by atoms with Gasteiger partial charge < -0.3 is 9.47 Å². The number of tetrazole rings is 2. The summed E-state index contributed by atoms with van der Waals surface area (Å²) < 4.78 is 12.0. The lowest BCUT2D eigenvalue weighted by Crippen LogP contribution is -2.00. The van der Waals surface area contributed by atoms with E-state index in [4.69, 9.17) is 9.47 Å². The predicted molar refractivity (Wildman–Crippen MR) is 243 cm³/mol. The van der Waals surface area contributed by atoms with Crippen LogP contribution in [0.2, 0.25) is 0 Å². The molecule has 10 aromatic rings. The van der Waals surface area contributed by atoms with Gasteiger partial charge in [-0.2, -0.15) is 10.4 Å². The average Bonchev–Trinajstić information content (AvgIpc) is 4.07. The van der Waals surface area contributed by atoms with Gasteiger partial charge in [0.15, 0.2) is 5.82 Å². The highest BCUT2D eigenvalue weighted by atomic mass is 16.5. The maximum Gasteiger partial charge on any atom is 0.204 e. The molecule has 0 aliphatic rings. The number of fused-ring (bicyclic) bond motifs is 2. The number of nitrogens with zero attached hydrogens (tertiary/aromatic N) is 8. The zero-order valence-electron chi connectivity index (χ0n) is 34.7. The Morgan fingerprint density at radius 2 is 1.10 bits per heavy atom. The summed E-state index contributed by atoms with van der Waals surface area (Å²) in [6.45, 7) is 3.15. The summed E-state index contributed by atoms with van der Waals surface area (Å²) in [4.78, 5) is 9.34. The lowest BCUT2D eigenvalue weighted by atomic mass is 9.93. The highest BCUT2D eigenvalue weighted by Crippen LogP contribution is 2.24. The Balaban J connectivity index is 0.000000161. The van der Waals surface area contributed by atoms with Crippen molar-refractivity contribution < 1.29 is 9.47 Å². The van der Waals surface area contributed by atoms with Crippen LogP contribution in [0.1, 0.15) is 57.9 Å². The van der Waals surface area contributed by atoms with Gasteiger partial charge in [0.25, 0.3) is 0 Å². The molecule has 0 spiro atoms. The van der Waals surface area contributed by atoms with Crippen molar-refractivity contribution in [1.29, 1.82) is 0 Å². The van der Waals surface area contributed by atoms with Crippen LogP contribution in [-0.2, 0) is 32.5 Å². The van der Waals surface area contributed by atoms with Crippen molar-refractivity contribution in [2.75, 3.05) is 0 Å². The van der Waals surface area contributed by atoms with Gasteiger partial charge in [0.2, 0.25) is 5.82 Å². The molecule has 310 valence electrons. The van der Waals surface area contributed by atoms with E-state index < -0.39 is 0 Å². The highest BCUT2D eigenvalue weighted by Gasteiger charge is 2.10. The van der Waals surface area contributed by atoms with E-state index >= 15 is 0 Å². The first-order valence-electron chi connectivity index (χ1n) is 20.8. The maximum absolute atomic E-state index is 6.00. The Hall–Kier alpha value is -8.12. The summed E-state index contributed by atoms with van der Waals surface area (Å²) >= 11 is 0. The van der Waals surface area contributed by atoms with E-state index in [1.54, 1.807) is 0 Å². The topological polar surface area (TPSA) is 153 Å². The van der Waals surface area contributed by atoms with E-state index in [0.717, 1.165) is 63.1 Å². The second-order valence-electron chi connectivity index (χ2n) is 15.3. The fourth-order valence-corrected chi connectivity index (χ4v) is 7.33. The lowest BCUT2D eigenvalue weighted by Gasteiger charge is -2.13. The molecule has 2 N–H and O–H groups in total. The Bertz CT molecular complexity index is 2990. The third kappa shape index (κ3) is 10.8. The number of para-hydroxylation sites is 2. The number of ether oxygens (including phenoxy) is 2. The molecule has 4 heterocycles. The van der Waals surface area contributed by atoms with Crippen LogP contribution < -0.4 is 9.47 Å². The van der Waals surface area contributed by atoms with Crippen molar-refractivity contribution in [1.82, 2.24) is 51.2 Å². The van der Waals surface area contributed by atoms with E-state index in [9.17, 15) is 0 Å². The monoisotopic (exact) mass is 828 g/mol. The molecule has 0 saturated carbocycles. The summed E-state index contributed by atoms with van der Waals surface area (Å²) in [5.41, 5.74) is 10.9. The minimum Gasteiger partial charge on any atom is -0.487 e. The Kier molecular flexibility index (Phi) is 12.5. The molecule has 0 aliphatic carbocycles. The van der Waals surface area contributed by atoms with Crippen LogP contribution in [0.25, 0.3) is 33.2 Å². The quantitative estimate of drug-likeness (QED) is 0.108. The van der Waals surface area contributed by atoms with Crippen molar-refractivity contribution in [2.24, 2.45) is 0 Å². The first-order valence-corrected chi connectivity index (χ1v) is 20.8. The summed E-state index contributed by atoms with van der Waals surface area (Å²) in [6.07, 6.45) is 2.47. The molecule has 0 amide bonds. The number of hydrogen-bond donors (Lipinski definition) is 2. The predicted octanol–water partition coefficient (Wildman–Crippen LogP) is 9.85. The normalized spacial score (nSPS) is 11.5. The van der Waals surface area contributed by atoms with E-state index in [1.165, 1.54) is 27.8 Å². The number of pyridine rings is 2. The van der Waals surface area contributed by atoms with Crippen LogP contribution in [0.15, 0.2) is 170 Å². The molecule has 0 bridgehead atoms. The number of hydrogen-bond acceptors (Lipinski definition) is 10. The van der Waals surface area contributed by atoms with Gasteiger partial charge in [-0.15, -0.1) is 20.4 Å². The number of benzene rings is 6. The smallest absolute Gasteiger partial charge is 0.204 e. The largest absolute Gasteiger partial charge is 0.487 e. The molecule has 12 heteroatoms. The van der Waals surface area contributed by atoms with Gasteiger partial charge in [-0.3, -0.25) is 0 Å². The number of aromatic amines is 2. The molecule has 4 aromatic heterocycles. The van der Waals surface area contributed by atoms with Gasteiger partial charge in [0, 0.05) is 22.8 Å². The number of rotatable bonds is 14. The fourth-order valence-electron chi connectivity index (χ4n) is 7.33. The Morgan fingerprint density at radius 1 is 0.492 bits per heavy atom. The standard InChI is InChI=1S/C27H25N5O.C24H19N5O/c1-19(22-10-6-21(7-11-22)17-27-29-31-32-30-27)16-20-8-14-25(15-9-20)33-18-24-13-12-23-4-2-3-5-26(23)28-24;1-2-7-23-19(5-1)12-13-21(25-23)16-30-22-6-3-4-18(15-22)14-17-8-10-20(11-9-17)24-26-28-29-27-24/h2-15,19H,16-18H2,1H3,(H,29,30,31,32);1-13,15H,14,16H2,(H,26,27,28,29). The minimum atomic E-state index is 0.415. The van der Waals surface area contributed by atoms with Gasteiger partial charge in [-0.05, 0) is 100 Å². The first-order chi connectivity index (χ1) is 31.1. The number of aromatic nitrogens is 10. The molecule has 1 unspecified atom stereocenters. The van der Waals surface area contributed by atoms with Crippen LogP contribution in [-0.4, -0.2) is 51.2 Å². The van der Waals surface area contributed by atoms with Gasteiger partial charge in [-0.25, -0.2) is 9.97 Å². The zero-order chi connectivity index (χ0) is 42.6. The summed E-state index contributed by atoms with van der Waals surface area (Å²) in [5.74, 6) is 3.41. The van der Waals surface area contributed by atoms with E-state index in [0.29, 0.717) is 37.2 Å². The second-order valence-corrected chi connectivity index (χ2v) is 15.3. The zero-order valence-corrected chi connectivity index (χ0v) is 34.7. The Morgan fingerprint density at radius 3 is 1.75 bits per heavy atom. The highest BCUT2D eigenvalue weighted by molar-refractivity contribution is 5.79. The van der Waals surface area contributed by atoms with Crippen LogP contribution in [0.3, 0.4) is 0 Å². The number of nitrogens with one attached hydrogen (secondary N) is 2. The maximum atomic E-state index is 6.00. The van der Waals surface area contributed by atoms with Crippen LogP contribution in [0.5, 0.6) is 11.5 Å². The van der Waals surface area contributed by atoms with Crippen molar-refractivity contribution in [3.63, 3.8) is 0 Å². The molecule has 6 aromatic carbocycles. The van der Waals surface area contributed by atoms with Crippen molar-refractivity contribution >= 4 is 21.8 Å². The molecule has 1 atom stereocenters. The molecule has 10 rings (SSSR count). The van der Waals surface area contributed by atoms with Crippen LogP contribution in [0.4, 0.5) is 0 Å². The third-order valence-corrected chi connectivity index (χ3v) is 10.7. The third-order valence-electron chi connectivity index (χ3n) is 10.7. The Labute approximate surface area is 364 Å². The molecule has 12 nitrogen and oxygen atoms in total. The SMILES string of the molecule is CC(Cc1ccc(OCc2ccc3ccccc3n2)cc1)c1ccc(Cc2nn[nH]n2)cc1.c1cc(Cc2ccc(-c3nn[nH]n3)cc2)cc(OCc2ccc3ccccc3n2)c1. The molecular weight excluding hydrogens is 785 g/mol. The van der Waals surface area contributed by atoms with Crippen LogP contribution in [0, 0.1) is 0 Å². The molecule has 0 aliphatic heterocycles. The fraction of sp³-hybridized carbons (Fsp3) is 0.137. The molecule has 63 heavy (non-hydrogen) atoms. The van der Waals surface area contributed by atoms with E-state index in [1.807, 2.05) is 84.9 Å². The van der Waals surface area contributed by atoms with Gasteiger partial charge in [-0.1, -0.05) is 133 Å². The number of H-pyrrole nitrogens is 2. The van der Waals surface area contributed by atoms with Crippen molar-refractivity contribution in [2.45, 2.75) is 45.3 Å². The van der Waals surface area contributed by atoms with E-state index in [-0.39, 0.29) is 0 Å². The van der Waals surface area contributed by atoms with Crippen molar-refractivity contribution in [3.05, 3.63) is 215 Å². The average molecular weight is 829 g/mol. The van der Waals surface area contributed by atoms with Crippen molar-refractivity contribution in [3.8, 4) is 22.9 Å². The van der Waals surface area contributed by atoms with Crippen LogP contribution >= 0.6 is 0 Å². The lowest BCUT2D eigenvalue weighted by molar-refractivity contribution is 0.301. The van der Waals surface area contributed by atoms with Gasteiger partial charge >= 0.3 is 0 Å². The molecule has 0 saturated heterocycles.